The summed E-state index contributed by atoms with van der Waals surface area (Å²) < 4.78 is 198. The Morgan fingerprint density at radius 3 is 2.02 bits per heavy atom. The van der Waals surface area contributed by atoms with Crippen molar-refractivity contribution in [3.63, 3.8) is 0 Å². The topological polar surface area (TPSA) is 47.9 Å². The highest BCUT2D eigenvalue weighted by atomic mass is 16.5. The summed E-state index contributed by atoms with van der Waals surface area (Å²) in [6.45, 7) is -0.713. The fourth-order valence-electron chi connectivity index (χ4n) is 7.04. The number of allylic oxidation sites excluding steroid dienone is 3. The van der Waals surface area contributed by atoms with Crippen LogP contribution >= 0.6 is 0 Å². The van der Waals surface area contributed by atoms with Crippen LogP contribution in [0.2, 0.25) is 0 Å². The number of rotatable bonds is 5. The molecule has 1 aliphatic carbocycles. The van der Waals surface area contributed by atoms with Crippen molar-refractivity contribution in [3.05, 3.63) is 222 Å². The van der Waals surface area contributed by atoms with Crippen LogP contribution in [0.1, 0.15) is 62.8 Å². The lowest BCUT2D eigenvalue weighted by Crippen LogP contribution is -2.05. The van der Waals surface area contributed by atoms with Gasteiger partial charge in [0.25, 0.3) is 0 Å². The Bertz CT molecular complexity index is 4240. The fraction of sp³-hybridized carbons (Fsp3) is 0.0556. The van der Waals surface area contributed by atoms with E-state index in [4.69, 9.17) is 32.0 Å². The molecule has 58 heavy (non-hydrogen) atoms. The van der Waals surface area contributed by atoms with Gasteiger partial charge in [-0.3, -0.25) is 0 Å². The Balaban J connectivity index is 1.15. The third-order valence-electron chi connectivity index (χ3n) is 9.79. The Kier molecular flexibility index (Phi) is 4.59. The Labute approximate surface area is 367 Å². The minimum Gasteiger partial charge on any atom is -0.489 e. The van der Waals surface area contributed by atoms with Gasteiger partial charge in [-0.15, -0.1) is 0 Å². The molecule has 2 heterocycles. The predicted molar refractivity (Wildman–Crippen MR) is 237 cm³/mol. The van der Waals surface area contributed by atoms with Gasteiger partial charge in [-0.1, -0.05) is 163 Å². The van der Waals surface area contributed by atoms with E-state index in [0.29, 0.717) is 11.1 Å². The first-order valence-electron chi connectivity index (χ1n) is 28.7. The average molecular weight is 765 g/mol. The van der Waals surface area contributed by atoms with Gasteiger partial charge in [-0.25, -0.2) is 15.0 Å². The molecule has 4 nitrogen and oxygen atoms in total. The first-order chi connectivity index (χ1) is 37.5. The van der Waals surface area contributed by atoms with E-state index in [1.807, 2.05) is 0 Å². The van der Waals surface area contributed by atoms with Crippen LogP contribution in [0, 0.1) is 0 Å². The summed E-state index contributed by atoms with van der Waals surface area (Å²) in [7, 11) is 0. The second kappa shape index (κ2) is 14.3. The van der Waals surface area contributed by atoms with Crippen LogP contribution in [0.25, 0.3) is 72.1 Å². The molecule has 1 aliphatic heterocycles. The SMILES string of the molecule is [2H]/C1=C([2H])/C([2H])=C(/c2nc(-c3ccccc3)nc(-c3ccccc3)n2)Cc2c([2H])c([2H])c(-c3c([2H])cc4c([2H])c([2H])c(C5c6c([2H])c([2H])c([2H])c([2H])c6-c6c5c([2H])c5c([2H])c([2H])c([2H])c([2H])c5c6[2H])c([2H])c4c3[2H])c([2H])c2OC1. The standard InChI is InChI=1S/C54H37N3O/c1-3-13-36(14-4-1)52-55-53(37-15-5-2-6-16-37)57-54(56-52)44-19-11-12-28-58-50-34-41(25-26-42(50)30-44)40-24-22-35-23-27-43(31-45(35)29-40)51-47-21-10-9-20-46(47)48-32-38-17-7-8-18-39(38)33-49(48)51/h1-27,29,31-34,51H,28,30H2/b12-11-,44-19+/i7D,8D,9D,10D,11D,12D,17D,18D,19D,20D,21D,23D,24D,25D,26D,27D,29D,31D,32D,33D,34D. The van der Waals surface area contributed by atoms with E-state index in [-0.39, 0.29) is 56.2 Å². The highest BCUT2D eigenvalue weighted by Crippen LogP contribution is 2.49. The number of aromatic nitrogens is 3. The maximum absolute atomic E-state index is 9.88. The van der Waals surface area contributed by atoms with Gasteiger partial charge in [-0.2, -0.15) is 0 Å². The molecule has 1 atom stereocenters. The van der Waals surface area contributed by atoms with Crippen LogP contribution in [-0.2, 0) is 6.42 Å². The van der Waals surface area contributed by atoms with Gasteiger partial charge >= 0.3 is 0 Å². The molecule has 2 aliphatic rings. The molecule has 0 bridgehead atoms. The van der Waals surface area contributed by atoms with E-state index >= 15 is 0 Å². The summed E-state index contributed by atoms with van der Waals surface area (Å²) in [5.74, 6) is -1.91. The van der Waals surface area contributed by atoms with Gasteiger partial charge in [0.05, 0.1) is 28.8 Å². The van der Waals surface area contributed by atoms with Crippen molar-refractivity contribution in [1.29, 1.82) is 0 Å². The maximum atomic E-state index is 9.88. The molecular weight excluding hydrogens is 707 g/mol. The van der Waals surface area contributed by atoms with Gasteiger partial charge < -0.3 is 4.74 Å². The lowest BCUT2D eigenvalue weighted by molar-refractivity contribution is 0.360. The normalized spacial score (nSPS) is 22.5. The Morgan fingerprint density at radius 2 is 1.22 bits per heavy atom. The van der Waals surface area contributed by atoms with Gasteiger partial charge in [0.1, 0.15) is 12.4 Å². The van der Waals surface area contributed by atoms with Crippen molar-refractivity contribution < 1.29 is 33.5 Å². The summed E-state index contributed by atoms with van der Waals surface area (Å²) in [4.78, 5) is 14.1. The van der Waals surface area contributed by atoms with Crippen LogP contribution in [0.15, 0.2) is 194 Å². The monoisotopic (exact) mass is 764 g/mol. The van der Waals surface area contributed by atoms with E-state index in [0.717, 1.165) is 6.07 Å². The molecule has 0 fully saturated rings. The minimum absolute atomic E-state index is 0.0893. The molecular formula is C54H37N3O. The van der Waals surface area contributed by atoms with Crippen LogP contribution in [-0.4, -0.2) is 21.6 Å². The third-order valence-corrected chi connectivity index (χ3v) is 9.79. The minimum atomic E-state index is -1.76. The molecule has 1 aromatic heterocycles. The average Bonchev–Trinajstić information content (AvgIpc) is 3.58. The van der Waals surface area contributed by atoms with E-state index in [9.17, 15) is 16.4 Å². The zero-order valence-corrected chi connectivity index (χ0v) is 30.1. The molecule has 1 unspecified atom stereocenters. The van der Waals surface area contributed by atoms with Crippen molar-refractivity contribution in [2.75, 3.05) is 6.61 Å². The first-order valence-corrected chi connectivity index (χ1v) is 18.2. The molecule has 11 rings (SSSR count). The number of hydrogen-bond acceptors (Lipinski definition) is 4. The lowest BCUT2D eigenvalue weighted by atomic mass is 9.87. The predicted octanol–water partition coefficient (Wildman–Crippen LogP) is 12.9. The summed E-state index contributed by atoms with van der Waals surface area (Å²) in [5, 5.41) is -1.62. The fourth-order valence-corrected chi connectivity index (χ4v) is 7.04. The van der Waals surface area contributed by atoms with Crippen LogP contribution < -0.4 is 4.74 Å². The number of fused-ring (bicyclic) bond motifs is 6. The summed E-state index contributed by atoms with van der Waals surface area (Å²) >= 11 is 0. The lowest BCUT2D eigenvalue weighted by Gasteiger charge is -2.17. The smallest absolute Gasteiger partial charge is 0.164 e. The van der Waals surface area contributed by atoms with Gasteiger partial charge in [0.2, 0.25) is 0 Å². The number of ether oxygens (including phenoxy) is 1. The molecule has 0 N–H and O–H groups in total. The van der Waals surface area contributed by atoms with Crippen LogP contribution in [0.5, 0.6) is 5.75 Å². The highest BCUT2D eigenvalue weighted by Gasteiger charge is 2.30. The Hall–Kier alpha value is -7.43. The first kappa shape index (κ1) is 18.7. The van der Waals surface area contributed by atoms with Crippen LogP contribution in [0.3, 0.4) is 0 Å². The summed E-state index contributed by atoms with van der Waals surface area (Å²) in [6.07, 6.45) is -0.503. The molecule has 4 heteroatoms. The van der Waals surface area contributed by atoms with Crippen LogP contribution in [0.4, 0.5) is 0 Å². The second-order valence-electron chi connectivity index (χ2n) is 13.3. The molecule has 274 valence electrons. The summed E-state index contributed by atoms with van der Waals surface area (Å²) in [6, 6.07) is 4.59. The van der Waals surface area contributed by atoms with Crippen molar-refractivity contribution in [1.82, 2.24) is 15.0 Å². The van der Waals surface area contributed by atoms with E-state index in [2.05, 4.69) is 0 Å². The quantitative estimate of drug-likeness (QED) is 0.175. The molecule has 0 saturated heterocycles. The summed E-state index contributed by atoms with van der Waals surface area (Å²) in [5.41, 5.74) is -1.97. The van der Waals surface area contributed by atoms with E-state index in [1.165, 1.54) is 0 Å². The largest absolute Gasteiger partial charge is 0.489 e. The zero-order valence-electron chi connectivity index (χ0n) is 51.1. The van der Waals surface area contributed by atoms with Gasteiger partial charge in [-0.05, 0) is 96.3 Å². The number of benzene rings is 8. The van der Waals surface area contributed by atoms with E-state index in [1.54, 1.807) is 60.7 Å². The van der Waals surface area contributed by atoms with Crippen molar-refractivity contribution in [2.24, 2.45) is 0 Å². The molecule has 9 aromatic rings. The van der Waals surface area contributed by atoms with E-state index < -0.39 is 184 Å². The molecule has 8 aromatic carbocycles. The third kappa shape index (κ3) is 6.16. The molecule has 0 amide bonds. The van der Waals surface area contributed by atoms with Gasteiger partial charge in [0.15, 0.2) is 17.5 Å². The second-order valence-corrected chi connectivity index (χ2v) is 13.3. The van der Waals surface area contributed by atoms with Crippen molar-refractivity contribution in [2.45, 2.75) is 12.3 Å². The highest BCUT2D eigenvalue weighted by molar-refractivity contribution is 5.94. The van der Waals surface area contributed by atoms with Gasteiger partial charge in [0, 0.05) is 29.0 Å². The molecule has 0 spiro atoms. The van der Waals surface area contributed by atoms with Crippen molar-refractivity contribution in [3.8, 4) is 50.8 Å². The zero-order chi connectivity index (χ0) is 56.7. The van der Waals surface area contributed by atoms with Crippen molar-refractivity contribution >= 4 is 27.1 Å². The number of hydrogen-bond donors (Lipinski definition) is 0. The molecule has 0 radical (unpaired) electrons. The number of nitrogens with zero attached hydrogens (tertiary/aromatic N) is 3. The Morgan fingerprint density at radius 1 is 0.517 bits per heavy atom. The maximum Gasteiger partial charge on any atom is 0.164 e. The molecule has 0 saturated carbocycles.